The zero-order valence-electron chi connectivity index (χ0n) is 22.9. The summed E-state index contributed by atoms with van der Waals surface area (Å²) in [7, 11) is 1.26. The van der Waals surface area contributed by atoms with E-state index in [0.29, 0.717) is 41.5 Å². The monoisotopic (exact) mass is 564 g/mol. The highest BCUT2D eigenvalue weighted by atomic mass is 32.1. The van der Waals surface area contributed by atoms with Crippen LogP contribution in [0.3, 0.4) is 0 Å². The third kappa shape index (κ3) is 5.86. The maximum atomic E-state index is 13.4. The van der Waals surface area contributed by atoms with E-state index < -0.39 is 23.7 Å². The molecule has 0 aliphatic carbocycles. The van der Waals surface area contributed by atoms with Crippen LogP contribution in [0.1, 0.15) is 65.6 Å². The maximum Gasteiger partial charge on any atom is 0.350 e. The number of aromatic nitrogens is 1. The van der Waals surface area contributed by atoms with Gasteiger partial charge in [-0.2, -0.15) is 0 Å². The van der Waals surface area contributed by atoms with Crippen molar-refractivity contribution >= 4 is 39.9 Å². The number of methoxy groups -OCH3 is 1. The highest BCUT2D eigenvalue weighted by Crippen LogP contribution is 2.44. The van der Waals surface area contributed by atoms with Crippen LogP contribution in [0.15, 0.2) is 54.1 Å². The number of anilines is 1. The largest absolute Gasteiger partial charge is 0.507 e. The minimum absolute atomic E-state index is 0.0839. The summed E-state index contributed by atoms with van der Waals surface area (Å²) in [4.78, 5) is 45.0. The average Bonchev–Trinajstić information content (AvgIpc) is 3.48. The highest BCUT2D eigenvalue weighted by molar-refractivity contribution is 7.17. The molecule has 2 heterocycles. The number of unbranched alkanes of at least 4 members (excludes halogenated alkanes) is 1. The predicted octanol–water partition coefficient (Wildman–Crippen LogP) is 5.83. The van der Waals surface area contributed by atoms with Gasteiger partial charge in [0.1, 0.15) is 22.1 Å². The van der Waals surface area contributed by atoms with Crippen molar-refractivity contribution in [1.82, 2.24) is 4.98 Å². The number of Topliss-reactive ketones (excluding diaryl/α,β-unsaturated/α-hetero) is 1. The number of benzene rings is 2. The van der Waals surface area contributed by atoms with E-state index in [1.54, 1.807) is 55.5 Å². The SMILES string of the molecule is CCCCOc1ccc(C(O)=C2C(=O)C(=O)N(c3nc(C)c(C(=O)OC)s3)[C@@H]2c2ccc(OCCC)cc2)cc1. The van der Waals surface area contributed by atoms with E-state index in [2.05, 4.69) is 11.9 Å². The van der Waals surface area contributed by atoms with Crippen molar-refractivity contribution in [3.05, 3.63) is 75.8 Å². The fourth-order valence-electron chi connectivity index (χ4n) is 4.28. The number of aryl methyl sites for hydroxylation is 1. The van der Waals surface area contributed by atoms with E-state index in [1.165, 1.54) is 12.0 Å². The number of aliphatic hydroxyl groups is 1. The molecule has 40 heavy (non-hydrogen) atoms. The zero-order valence-corrected chi connectivity index (χ0v) is 23.7. The predicted molar refractivity (Wildman–Crippen MR) is 152 cm³/mol. The van der Waals surface area contributed by atoms with Gasteiger partial charge in [-0.1, -0.05) is 43.7 Å². The Labute approximate surface area is 237 Å². The number of esters is 1. The Morgan fingerprint density at radius 2 is 1.60 bits per heavy atom. The van der Waals surface area contributed by atoms with Crippen LogP contribution in [0, 0.1) is 6.92 Å². The number of thiazole rings is 1. The summed E-state index contributed by atoms with van der Waals surface area (Å²) in [6.45, 7) is 6.83. The number of amides is 1. The Bertz CT molecular complexity index is 1410. The van der Waals surface area contributed by atoms with Crippen molar-refractivity contribution in [3.63, 3.8) is 0 Å². The molecular weight excluding hydrogens is 532 g/mol. The molecule has 1 fully saturated rings. The normalized spacial score (nSPS) is 16.3. The van der Waals surface area contributed by atoms with Gasteiger partial charge in [0.2, 0.25) is 0 Å². The lowest BCUT2D eigenvalue weighted by Gasteiger charge is -2.23. The van der Waals surface area contributed by atoms with Gasteiger partial charge in [-0.3, -0.25) is 14.5 Å². The average molecular weight is 565 g/mol. The van der Waals surface area contributed by atoms with Crippen molar-refractivity contribution < 1.29 is 33.7 Å². The van der Waals surface area contributed by atoms with Gasteiger partial charge in [-0.25, -0.2) is 9.78 Å². The Kier molecular flexibility index (Phi) is 9.21. The topological polar surface area (TPSA) is 115 Å². The molecule has 9 nitrogen and oxygen atoms in total. The molecule has 2 aromatic carbocycles. The lowest BCUT2D eigenvalue weighted by Crippen LogP contribution is -2.29. The molecule has 0 bridgehead atoms. The van der Waals surface area contributed by atoms with E-state index in [1.807, 2.05) is 6.92 Å². The van der Waals surface area contributed by atoms with Crippen LogP contribution in [0.2, 0.25) is 0 Å². The lowest BCUT2D eigenvalue weighted by atomic mass is 9.95. The first-order chi connectivity index (χ1) is 19.3. The number of carbonyl (C=O) groups excluding carboxylic acids is 3. The molecular formula is C30H32N2O7S. The number of ether oxygens (including phenoxy) is 3. The van der Waals surface area contributed by atoms with E-state index in [4.69, 9.17) is 14.2 Å². The van der Waals surface area contributed by atoms with Crippen LogP contribution < -0.4 is 14.4 Å². The summed E-state index contributed by atoms with van der Waals surface area (Å²) >= 11 is 0.951. The van der Waals surface area contributed by atoms with Crippen LogP contribution in [0.4, 0.5) is 5.13 Å². The van der Waals surface area contributed by atoms with E-state index in [-0.39, 0.29) is 21.3 Å². The van der Waals surface area contributed by atoms with Crippen molar-refractivity contribution in [2.75, 3.05) is 25.2 Å². The molecule has 1 N–H and O–H groups in total. The van der Waals surface area contributed by atoms with Crippen LogP contribution in [-0.4, -0.2) is 48.1 Å². The van der Waals surface area contributed by atoms with Crippen LogP contribution in [0.5, 0.6) is 11.5 Å². The first-order valence-electron chi connectivity index (χ1n) is 13.1. The standard InChI is InChI=1S/C30H32N2O7S/c1-5-7-17-39-22-14-10-20(11-15-22)25(33)23-24(19-8-12-21(13-9-19)38-16-6-2)32(28(35)26(23)34)30-31-18(3)27(40-30)29(36)37-4/h8-15,24,33H,5-7,16-17H2,1-4H3/t24-/m1/s1. The quantitative estimate of drug-likeness (QED) is 0.102. The van der Waals surface area contributed by atoms with Gasteiger partial charge in [-0.05, 0) is 61.7 Å². The molecule has 10 heteroatoms. The Balaban J connectivity index is 1.80. The fraction of sp³-hybridized carbons (Fsp3) is 0.333. The number of aliphatic hydroxyl groups excluding tert-OH is 1. The van der Waals surface area contributed by atoms with Crippen LogP contribution >= 0.6 is 11.3 Å². The summed E-state index contributed by atoms with van der Waals surface area (Å²) in [6.07, 6.45) is 2.77. The molecule has 0 spiro atoms. The second-order valence-corrected chi connectivity index (χ2v) is 10.2. The van der Waals surface area contributed by atoms with E-state index >= 15 is 0 Å². The van der Waals surface area contributed by atoms with Gasteiger partial charge in [0.25, 0.3) is 5.78 Å². The number of ketones is 1. The number of rotatable bonds is 11. The van der Waals surface area contributed by atoms with Crippen molar-refractivity contribution in [2.45, 2.75) is 46.1 Å². The lowest BCUT2D eigenvalue weighted by molar-refractivity contribution is -0.132. The van der Waals surface area contributed by atoms with Crippen LogP contribution in [-0.2, 0) is 14.3 Å². The molecule has 1 aliphatic rings. The third-order valence-corrected chi connectivity index (χ3v) is 7.51. The van der Waals surface area contributed by atoms with Gasteiger partial charge < -0.3 is 19.3 Å². The molecule has 1 amide bonds. The summed E-state index contributed by atoms with van der Waals surface area (Å²) in [5, 5.41) is 11.5. The molecule has 1 saturated heterocycles. The minimum Gasteiger partial charge on any atom is -0.507 e. The summed E-state index contributed by atoms with van der Waals surface area (Å²) in [5.74, 6) is -1.35. The van der Waals surface area contributed by atoms with Crippen molar-refractivity contribution in [2.24, 2.45) is 0 Å². The molecule has 1 aliphatic heterocycles. The molecule has 3 aromatic rings. The third-order valence-electron chi connectivity index (χ3n) is 6.37. The smallest absolute Gasteiger partial charge is 0.350 e. The molecule has 0 saturated carbocycles. The number of hydrogen-bond acceptors (Lipinski definition) is 9. The van der Waals surface area contributed by atoms with Crippen molar-refractivity contribution in [1.29, 1.82) is 0 Å². The number of nitrogens with zero attached hydrogens (tertiary/aromatic N) is 2. The minimum atomic E-state index is -0.989. The number of hydrogen-bond donors (Lipinski definition) is 1. The molecule has 0 unspecified atom stereocenters. The summed E-state index contributed by atoms with van der Waals surface area (Å²) < 4.78 is 16.2. The first kappa shape index (κ1) is 28.8. The van der Waals surface area contributed by atoms with Gasteiger partial charge in [-0.15, -0.1) is 0 Å². The van der Waals surface area contributed by atoms with Gasteiger partial charge in [0.15, 0.2) is 5.13 Å². The summed E-state index contributed by atoms with van der Waals surface area (Å²) in [5.41, 5.74) is 1.21. The van der Waals surface area contributed by atoms with Crippen LogP contribution in [0.25, 0.3) is 5.76 Å². The Morgan fingerprint density at radius 3 is 2.20 bits per heavy atom. The Hall–Kier alpha value is -4.18. The molecule has 4 rings (SSSR count). The first-order valence-corrected chi connectivity index (χ1v) is 13.9. The molecule has 210 valence electrons. The number of carbonyl (C=O) groups is 3. The van der Waals surface area contributed by atoms with E-state index in [0.717, 1.165) is 30.6 Å². The second kappa shape index (κ2) is 12.8. The van der Waals surface area contributed by atoms with Gasteiger partial charge >= 0.3 is 11.9 Å². The van der Waals surface area contributed by atoms with E-state index in [9.17, 15) is 19.5 Å². The molecule has 0 radical (unpaired) electrons. The second-order valence-electron chi connectivity index (χ2n) is 9.22. The fourth-order valence-corrected chi connectivity index (χ4v) is 5.29. The zero-order chi connectivity index (χ0) is 28.8. The Morgan fingerprint density at radius 1 is 0.975 bits per heavy atom. The maximum absolute atomic E-state index is 13.4. The summed E-state index contributed by atoms with van der Waals surface area (Å²) in [6, 6.07) is 12.7. The molecule has 1 atom stereocenters. The van der Waals surface area contributed by atoms with Gasteiger partial charge in [0.05, 0.1) is 37.6 Å². The molecule has 1 aromatic heterocycles. The van der Waals surface area contributed by atoms with Crippen molar-refractivity contribution in [3.8, 4) is 11.5 Å². The highest BCUT2D eigenvalue weighted by Gasteiger charge is 2.48. The van der Waals surface area contributed by atoms with Gasteiger partial charge in [0, 0.05) is 5.56 Å².